The van der Waals surface area contributed by atoms with Crippen molar-refractivity contribution in [1.82, 2.24) is 0 Å². The van der Waals surface area contributed by atoms with Crippen LogP contribution in [0.3, 0.4) is 0 Å². The van der Waals surface area contributed by atoms with Crippen molar-refractivity contribution >= 4 is 34.8 Å². The van der Waals surface area contributed by atoms with Crippen molar-refractivity contribution in [2.24, 2.45) is 0 Å². The first-order valence-corrected chi connectivity index (χ1v) is 6.95. The number of ether oxygens (including phenoxy) is 1. The molecule has 0 aliphatic carbocycles. The second kappa shape index (κ2) is 6.04. The molecule has 0 heterocycles. The van der Waals surface area contributed by atoms with E-state index in [1.807, 2.05) is 43.3 Å². The van der Waals surface area contributed by atoms with Gasteiger partial charge in [0, 0.05) is 5.02 Å². The Hall–Kier alpha value is -0.890. The van der Waals surface area contributed by atoms with E-state index in [-0.39, 0.29) is 5.38 Å². The fourth-order valence-corrected chi connectivity index (χ4v) is 2.72. The van der Waals surface area contributed by atoms with Crippen LogP contribution in [0.5, 0.6) is 5.75 Å². The van der Waals surface area contributed by atoms with Crippen LogP contribution in [0.15, 0.2) is 36.4 Å². The highest BCUT2D eigenvalue weighted by atomic mass is 35.5. The molecule has 19 heavy (non-hydrogen) atoms. The monoisotopic (exact) mass is 314 g/mol. The number of hydrogen-bond acceptors (Lipinski definition) is 1. The van der Waals surface area contributed by atoms with Crippen molar-refractivity contribution < 1.29 is 4.74 Å². The van der Waals surface area contributed by atoms with E-state index >= 15 is 0 Å². The van der Waals surface area contributed by atoms with Crippen molar-refractivity contribution in [2.45, 2.75) is 12.3 Å². The second-order valence-corrected chi connectivity index (χ2v) is 5.54. The predicted octanol–water partition coefficient (Wildman–Crippen LogP) is 5.64. The largest absolute Gasteiger partial charge is 0.495 e. The van der Waals surface area contributed by atoms with Crippen molar-refractivity contribution in [3.05, 3.63) is 63.1 Å². The second-order valence-electron chi connectivity index (χ2n) is 4.26. The van der Waals surface area contributed by atoms with Gasteiger partial charge in [-0.2, -0.15) is 0 Å². The topological polar surface area (TPSA) is 9.23 Å². The number of aryl methyl sites for hydroxylation is 1. The van der Waals surface area contributed by atoms with Gasteiger partial charge in [-0.05, 0) is 47.9 Å². The van der Waals surface area contributed by atoms with E-state index in [1.165, 1.54) is 0 Å². The molecule has 0 N–H and O–H groups in total. The first-order chi connectivity index (χ1) is 9.02. The van der Waals surface area contributed by atoms with Gasteiger partial charge in [0.2, 0.25) is 0 Å². The summed E-state index contributed by atoms with van der Waals surface area (Å²) in [7, 11) is 1.58. The van der Waals surface area contributed by atoms with E-state index in [0.29, 0.717) is 15.8 Å². The zero-order chi connectivity index (χ0) is 14.0. The van der Waals surface area contributed by atoms with Crippen LogP contribution >= 0.6 is 34.8 Å². The van der Waals surface area contributed by atoms with Gasteiger partial charge in [-0.1, -0.05) is 35.3 Å². The Kier molecular flexibility index (Phi) is 4.62. The third kappa shape index (κ3) is 3.17. The van der Waals surface area contributed by atoms with Gasteiger partial charge in [-0.3, -0.25) is 0 Å². The molecule has 2 rings (SSSR count). The lowest BCUT2D eigenvalue weighted by molar-refractivity contribution is 0.415. The van der Waals surface area contributed by atoms with Crippen molar-refractivity contribution in [3.63, 3.8) is 0 Å². The smallest absolute Gasteiger partial charge is 0.137 e. The molecule has 0 spiro atoms. The van der Waals surface area contributed by atoms with Crippen LogP contribution in [0, 0.1) is 6.92 Å². The zero-order valence-electron chi connectivity index (χ0n) is 10.6. The van der Waals surface area contributed by atoms with Gasteiger partial charge in [-0.25, -0.2) is 0 Å². The van der Waals surface area contributed by atoms with Gasteiger partial charge in [0.15, 0.2) is 0 Å². The van der Waals surface area contributed by atoms with Crippen LogP contribution in [-0.4, -0.2) is 7.11 Å². The van der Waals surface area contributed by atoms with Gasteiger partial charge < -0.3 is 4.74 Å². The maximum atomic E-state index is 6.52. The Labute approximate surface area is 128 Å². The molecule has 0 radical (unpaired) electrons. The lowest BCUT2D eigenvalue weighted by atomic mass is 10.00. The minimum atomic E-state index is -0.290. The van der Waals surface area contributed by atoms with Gasteiger partial charge in [0.1, 0.15) is 5.75 Å². The van der Waals surface area contributed by atoms with Crippen LogP contribution in [0.2, 0.25) is 10.0 Å². The van der Waals surface area contributed by atoms with Crippen LogP contribution in [0.1, 0.15) is 22.1 Å². The highest BCUT2D eigenvalue weighted by Gasteiger charge is 2.15. The maximum absolute atomic E-state index is 6.52. The van der Waals surface area contributed by atoms with Crippen molar-refractivity contribution in [2.75, 3.05) is 7.11 Å². The number of hydrogen-bond donors (Lipinski definition) is 0. The first-order valence-electron chi connectivity index (χ1n) is 5.76. The minimum Gasteiger partial charge on any atom is -0.495 e. The summed E-state index contributed by atoms with van der Waals surface area (Å²) in [4.78, 5) is 0. The number of rotatable bonds is 3. The Balaban J connectivity index is 2.41. The van der Waals surface area contributed by atoms with Crippen LogP contribution in [0.4, 0.5) is 0 Å². The van der Waals surface area contributed by atoms with Crippen molar-refractivity contribution in [1.29, 1.82) is 0 Å². The molecule has 0 saturated carbocycles. The molecule has 100 valence electrons. The van der Waals surface area contributed by atoms with Gasteiger partial charge >= 0.3 is 0 Å². The first kappa shape index (κ1) is 14.5. The zero-order valence-corrected chi connectivity index (χ0v) is 12.9. The molecule has 4 heteroatoms. The molecule has 0 aliphatic heterocycles. The SMILES string of the molecule is COc1ccc(C(Cl)c2cc(Cl)ccc2C)cc1Cl. The molecule has 0 aromatic heterocycles. The molecule has 0 aliphatic rings. The fraction of sp³-hybridized carbons (Fsp3) is 0.200. The van der Waals surface area contributed by atoms with Crippen LogP contribution < -0.4 is 4.74 Å². The molecule has 0 bridgehead atoms. The summed E-state index contributed by atoms with van der Waals surface area (Å²) < 4.78 is 5.13. The quantitative estimate of drug-likeness (QED) is 0.666. The van der Waals surface area contributed by atoms with E-state index in [4.69, 9.17) is 39.5 Å². The van der Waals surface area contributed by atoms with Crippen LogP contribution in [-0.2, 0) is 0 Å². The van der Waals surface area contributed by atoms with E-state index < -0.39 is 0 Å². The number of methoxy groups -OCH3 is 1. The molecule has 1 unspecified atom stereocenters. The number of halogens is 3. The average molecular weight is 316 g/mol. The molecule has 1 atom stereocenters. The summed E-state index contributed by atoms with van der Waals surface area (Å²) in [6, 6.07) is 11.2. The maximum Gasteiger partial charge on any atom is 0.137 e. The Morgan fingerprint density at radius 2 is 1.79 bits per heavy atom. The van der Waals surface area contributed by atoms with E-state index in [1.54, 1.807) is 7.11 Å². The molecular formula is C15H13Cl3O. The molecule has 0 fully saturated rings. The Bertz CT molecular complexity index is 596. The van der Waals surface area contributed by atoms with Crippen molar-refractivity contribution in [3.8, 4) is 5.75 Å². The van der Waals surface area contributed by atoms with Gasteiger partial charge in [0.25, 0.3) is 0 Å². The van der Waals surface area contributed by atoms with Gasteiger partial charge in [0.05, 0.1) is 17.5 Å². The molecule has 2 aromatic rings. The highest BCUT2D eigenvalue weighted by Crippen LogP contribution is 2.36. The summed E-state index contributed by atoms with van der Waals surface area (Å²) in [5, 5.41) is 0.929. The van der Waals surface area contributed by atoms with E-state index in [9.17, 15) is 0 Å². The summed E-state index contributed by atoms with van der Waals surface area (Å²) >= 11 is 18.7. The van der Waals surface area contributed by atoms with Crippen LogP contribution in [0.25, 0.3) is 0 Å². The molecular weight excluding hydrogens is 303 g/mol. The Morgan fingerprint density at radius 3 is 2.42 bits per heavy atom. The Morgan fingerprint density at radius 1 is 1.05 bits per heavy atom. The predicted molar refractivity (Wildman–Crippen MR) is 81.9 cm³/mol. The summed E-state index contributed by atoms with van der Waals surface area (Å²) in [6.45, 7) is 2.01. The molecule has 2 aromatic carbocycles. The summed E-state index contributed by atoms with van der Waals surface area (Å²) in [6.07, 6.45) is 0. The molecule has 1 nitrogen and oxygen atoms in total. The average Bonchev–Trinajstić information content (AvgIpc) is 2.40. The minimum absolute atomic E-state index is 0.290. The fourth-order valence-electron chi connectivity index (χ4n) is 1.90. The highest BCUT2D eigenvalue weighted by molar-refractivity contribution is 6.32. The number of benzene rings is 2. The lowest BCUT2D eigenvalue weighted by Crippen LogP contribution is -1.97. The third-order valence-corrected chi connectivity index (χ3v) is 4.00. The van der Waals surface area contributed by atoms with E-state index in [0.717, 1.165) is 16.7 Å². The molecule has 0 saturated heterocycles. The number of alkyl halides is 1. The normalized spacial score (nSPS) is 12.3. The summed E-state index contributed by atoms with van der Waals surface area (Å²) in [5.41, 5.74) is 2.99. The van der Waals surface area contributed by atoms with Gasteiger partial charge in [-0.15, -0.1) is 11.6 Å². The standard InChI is InChI=1S/C15H13Cl3O/c1-9-3-5-11(16)8-12(9)15(18)10-4-6-14(19-2)13(17)7-10/h3-8,15H,1-2H3. The lowest BCUT2D eigenvalue weighted by Gasteiger charge is -2.15. The third-order valence-electron chi connectivity index (χ3n) is 2.98. The van der Waals surface area contributed by atoms with E-state index in [2.05, 4.69) is 0 Å². The summed E-state index contributed by atoms with van der Waals surface area (Å²) in [5.74, 6) is 0.636. The molecule has 0 amide bonds.